The van der Waals surface area contributed by atoms with Gasteiger partial charge < -0.3 is 10.4 Å². The van der Waals surface area contributed by atoms with E-state index in [1.165, 1.54) is 0 Å². The highest BCUT2D eigenvalue weighted by Gasteiger charge is 2.15. The van der Waals surface area contributed by atoms with E-state index >= 15 is 0 Å². The van der Waals surface area contributed by atoms with Crippen LogP contribution in [0.5, 0.6) is 0 Å². The van der Waals surface area contributed by atoms with Crippen LogP contribution in [0.15, 0.2) is 30.3 Å². The van der Waals surface area contributed by atoms with Crippen molar-refractivity contribution in [1.29, 1.82) is 0 Å². The first-order chi connectivity index (χ1) is 8.55. The minimum atomic E-state index is -0.0649. The standard InChI is InChI=1S/C15H23NO2/c1-15(2,10-12-17)16-11-6-9-14(18)13-7-4-3-5-8-13/h3-5,7-8,16-17H,6,9-12H2,1-2H3. The van der Waals surface area contributed by atoms with E-state index in [0.29, 0.717) is 6.42 Å². The predicted octanol–water partition coefficient (Wildman–Crippen LogP) is 2.40. The van der Waals surface area contributed by atoms with Crippen LogP contribution in [0.1, 0.15) is 43.5 Å². The highest BCUT2D eigenvalue weighted by Crippen LogP contribution is 2.08. The molecule has 18 heavy (non-hydrogen) atoms. The Morgan fingerprint density at radius 2 is 1.94 bits per heavy atom. The molecule has 0 aliphatic rings. The van der Waals surface area contributed by atoms with Gasteiger partial charge in [-0.15, -0.1) is 0 Å². The van der Waals surface area contributed by atoms with Gasteiger partial charge in [-0.2, -0.15) is 0 Å². The van der Waals surface area contributed by atoms with Crippen LogP contribution in [-0.4, -0.2) is 29.6 Å². The molecule has 3 heteroatoms. The molecule has 2 N–H and O–H groups in total. The molecular formula is C15H23NO2. The van der Waals surface area contributed by atoms with Crippen molar-refractivity contribution in [3.63, 3.8) is 0 Å². The Kier molecular flexibility index (Phi) is 6.02. The highest BCUT2D eigenvalue weighted by atomic mass is 16.3. The molecule has 0 saturated heterocycles. The summed E-state index contributed by atoms with van der Waals surface area (Å²) in [6, 6.07) is 9.39. The van der Waals surface area contributed by atoms with Crippen molar-refractivity contribution in [2.75, 3.05) is 13.2 Å². The van der Waals surface area contributed by atoms with Crippen LogP contribution in [0.25, 0.3) is 0 Å². The lowest BCUT2D eigenvalue weighted by atomic mass is 10.0. The van der Waals surface area contributed by atoms with E-state index in [0.717, 1.165) is 24.9 Å². The van der Waals surface area contributed by atoms with Crippen LogP contribution < -0.4 is 5.32 Å². The number of hydrogen-bond acceptors (Lipinski definition) is 3. The molecule has 0 atom stereocenters. The minimum Gasteiger partial charge on any atom is -0.396 e. The largest absolute Gasteiger partial charge is 0.396 e. The van der Waals surface area contributed by atoms with Crippen molar-refractivity contribution >= 4 is 5.78 Å². The monoisotopic (exact) mass is 249 g/mol. The lowest BCUT2D eigenvalue weighted by Gasteiger charge is -2.25. The third kappa shape index (κ3) is 5.43. The topological polar surface area (TPSA) is 49.3 Å². The quantitative estimate of drug-likeness (QED) is 0.549. The van der Waals surface area contributed by atoms with Gasteiger partial charge in [0.1, 0.15) is 0 Å². The Hall–Kier alpha value is -1.19. The third-order valence-electron chi connectivity index (χ3n) is 3.02. The number of aliphatic hydroxyl groups excluding tert-OH is 1. The molecule has 0 saturated carbocycles. The first-order valence-electron chi connectivity index (χ1n) is 6.49. The van der Waals surface area contributed by atoms with Crippen LogP contribution in [0.4, 0.5) is 0 Å². The molecule has 0 fully saturated rings. The molecule has 1 aromatic carbocycles. The first kappa shape index (κ1) is 14.9. The van der Waals surface area contributed by atoms with Crippen molar-refractivity contribution in [2.45, 2.75) is 38.6 Å². The number of ketones is 1. The summed E-state index contributed by atoms with van der Waals surface area (Å²) in [7, 11) is 0. The fourth-order valence-electron chi connectivity index (χ4n) is 1.81. The number of nitrogens with one attached hydrogen (secondary N) is 1. The summed E-state index contributed by atoms with van der Waals surface area (Å²) in [6.45, 7) is 5.10. The average molecular weight is 249 g/mol. The van der Waals surface area contributed by atoms with Crippen LogP contribution in [-0.2, 0) is 0 Å². The molecule has 0 spiro atoms. The maximum absolute atomic E-state index is 11.8. The second kappa shape index (κ2) is 7.29. The Morgan fingerprint density at radius 3 is 2.56 bits per heavy atom. The molecule has 0 aliphatic heterocycles. The predicted molar refractivity (Wildman–Crippen MR) is 73.8 cm³/mol. The van der Waals surface area contributed by atoms with E-state index in [4.69, 9.17) is 5.11 Å². The van der Waals surface area contributed by atoms with Crippen molar-refractivity contribution < 1.29 is 9.90 Å². The smallest absolute Gasteiger partial charge is 0.162 e. The van der Waals surface area contributed by atoms with Crippen molar-refractivity contribution in [3.05, 3.63) is 35.9 Å². The Morgan fingerprint density at radius 1 is 1.28 bits per heavy atom. The molecule has 3 nitrogen and oxygen atoms in total. The van der Waals surface area contributed by atoms with Crippen molar-refractivity contribution in [3.8, 4) is 0 Å². The van der Waals surface area contributed by atoms with Crippen LogP contribution in [0, 0.1) is 0 Å². The third-order valence-corrected chi connectivity index (χ3v) is 3.02. The van der Waals surface area contributed by atoms with Gasteiger partial charge in [0.25, 0.3) is 0 Å². The number of rotatable bonds is 8. The number of carbonyl (C=O) groups excluding carboxylic acids is 1. The molecule has 0 unspecified atom stereocenters. The summed E-state index contributed by atoms with van der Waals surface area (Å²) in [5.41, 5.74) is 0.719. The summed E-state index contributed by atoms with van der Waals surface area (Å²) in [6.07, 6.45) is 2.11. The minimum absolute atomic E-state index is 0.0649. The van der Waals surface area contributed by atoms with E-state index in [1.54, 1.807) is 0 Å². The summed E-state index contributed by atoms with van der Waals surface area (Å²) in [5, 5.41) is 12.3. The summed E-state index contributed by atoms with van der Waals surface area (Å²) in [4.78, 5) is 11.8. The molecule has 0 radical (unpaired) electrons. The van der Waals surface area contributed by atoms with Gasteiger partial charge in [-0.25, -0.2) is 0 Å². The Labute approximate surface area is 109 Å². The maximum Gasteiger partial charge on any atom is 0.162 e. The van der Waals surface area contributed by atoms with Gasteiger partial charge in [-0.05, 0) is 33.2 Å². The van der Waals surface area contributed by atoms with Gasteiger partial charge >= 0.3 is 0 Å². The van der Waals surface area contributed by atoms with E-state index in [2.05, 4.69) is 19.2 Å². The van der Waals surface area contributed by atoms with Crippen LogP contribution >= 0.6 is 0 Å². The molecule has 1 aromatic rings. The average Bonchev–Trinajstić information content (AvgIpc) is 2.35. The van der Waals surface area contributed by atoms with Crippen molar-refractivity contribution in [2.24, 2.45) is 0 Å². The van der Waals surface area contributed by atoms with Gasteiger partial charge in [-0.3, -0.25) is 4.79 Å². The molecular weight excluding hydrogens is 226 g/mol. The number of Topliss-reactive ketones (excluding diaryl/α,β-unsaturated/α-hetero) is 1. The lowest BCUT2D eigenvalue weighted by molar-refractivity contribution is 0.0978. The molecule has 100 valence electrons. The fourth-order valence-corrected chi connectivity index (χ4v) is 1.81. The number of carbonyl (C=O) groups is 1. The van der Waals surface area contributed by atoms with E-state index in [1.807, 2.05) is 30.3 Å². The zero-order valence-corrected chi connectivity index (χ0v) is 11.3. The molecule has 0 amide bonds. The van der Waals surface area contributed by atoms with Gasteiger partial charge in [-0.1, -0.05) is 30.3 Å². The molecule has 1 rings (SSSR count). The summed E-state index contributed by atoms with van der Waals surface area (Å²) < 4.78 is 0. The Balaban J connectivity index is 2.25. The normalized spacial score (nSPS) is 11.5. The Bertz CT molecular complexity index is 360. The summed E-state index contributed by atoms with van der Waals surface area (Å²) in [5.74, 6) is 0.192. The van der Waals surface area contributed by atoms with E-state index < -0.39 is 0 Å². The zero-order chi connectivity index (χ0) is 13.4. The molecule has 0 aliphatic carbocycles. The van der Waals surface area contributed by atoms with Gasteiger partial charge in [0, 0.05) is 24.1 Å². The highest BCUT2D eigenvalue weighted by molar-refractivity contribution is 5.95. The second-order valence-electron chi connectivity index (χ2n) is 5.18. The van der Waals surface area contributed by atoms with E-state index in [9.17, 15) is 4.79 Å². The SMILES string of the molecule is CC(C)(CCO)NCCCC(=O)c1ccccc1. The molecule has 0 bridgehead atoms. The van der Waals surface area contributed by atoms with Crippen LogP contribution in [0.2, 0.25) is 0 Å². The number of hydrogen-bond donors (Lipinski definition) is 2. The summed E-state index contributed by atoms with van der Waals surface area (Å²) >= 11 is 0. The zero-order valence-electron chi connectivity index (χ0n) is 11.3. The van der Waals surface area contributed by atoms with Gasteiger partial charge in [0.15, 0.2) is 5.78 Å². The first-order valence-corrected chi connectivity index (χ1v) is 6.49. The van der Waals surface area contributed by atoms with Crippen LogP contribution in [0.3, 0.4) is 0 Å². The maximum atomic E-state index is 11.8. The second-order valence-corrected chi connectivity index (χ2v) is 5.18. The molecule has 0 heterocycles. The van der Waals surface area contributed by atoms with Gasteiger partial charge in [0.05, 0.1) is 0 Å². The van der Waals surface area contributed by atoms with Crippen molar-refractivity contribution in [1.82, 2.24) is 5.32 Å². The van der Waals surface area contributed by atoms with E-state index in [-0.39, 0.29) is 17.9 Å². The number of benzene rings is 1. The fraction of sp³-hybridized carbons (Fsp3) is 0.533. The molecule has 0 aromatic heterocycles. The number of aliphatic hydroxyl groups is 1. The lowest BCUT2D eigenvalue weighted by Crippen LogP contribution is -2.40. The van der Waals surface area contributed by atoms with Gasteiger partial charge in [0.2, 0.25) is 0 Å².